The summed E-state index contributed by atoms with van der Waals surface area (Å²) < 4.78 is 11.5. The molecule has 0 unspecified atom stereocenters. The Morgan fingerprint density at radius 3 is 2.35 bits per heavy atom. The maximum absolute atomic E-state index is 12.8. The number of amides is 2. The van der Waals surface area contributed by atoms with Crippen LogP contribution in [0.15, 0.2) is 77.9 Å². The number of aryl methyl sites for hydroxylation is 1. The zero-order valence-corrected chi connectivity index (χ0v) is 22.0. The third-order valence-corrected chi connectivity index (χ3v) is 5.82. The number of carbonyl (C=O) groups is 2. The van der Waals surface area contributed by atoms with E-state index in [1.807, 2.05) is 87.5 Å². The molecule has 2 N–H and O–H groups in total. The molecule has 3 aromatic rings. The van der Waals surface area contributed by atoms with Crippen LogP contribution in [-0.2, 0) is 16.2 Å². The van der Waals surface area contributed by atoms with E-state index in [2.05, 4.69) is 15.8 Å². The van der Waals surface area contributed by atoms with Gasteiger partial charge in [-0.05, 0) is 49.1 Å². The monoisotopic (exact) mass is 521 g/mol. The van der Waals surface area contributed by atoms with Crippen LogP contribution < -0.4 is 20.2 Å². The smallest absolute Gasteiger partial charge is 0.262 e. The van der Waals surface area contributed by atoms with Gasteiger partial charge in [-0.1, -0.05) is 74.0 Å². The summed E-state index contributed by atoms with van der Waals surface area (Å²) in [5, 5.41) is 7.49. The van der Waals surface area contributed by atoms with Gasteiger partial charge in [-0.2, -0.15) is 5.10 Å². The highest BCUT2D eigenvalue weighted by Gasteiger charge is 2.22. The van der Waals surface area contributed by atoms with E-state index >= 15 is 0 Å². The fourth-order valence-corrected chi connectivity index (χ4v) is 3.72. The first-order chi connectivity index (χ1) is 17.8. The van der Waals surface area contributed by atoms with Crippen LogP contribution in [-0.4, -0.2) is 30.7 Å². The summed E-state index contributed by atoms with van der Waals surface area (Å²) in [6.07, 6.45) is 1.96. The molecule has 8 heteroatoms. The summed E-state index contributed by atoms with van der Waals surface area (Å²) in [6.45, 7) is 5.97. The second-order valence-corrected chi connectivity index (χ2v) is 9.36. The number of para-hydroxylation sites is 2. The van der Waals surface area contributed by atoms with E-state index in [9.17, 15) is 9.59 Å². The van der Waals surface area contributed by atoms with Crippen molar-refractivity contribution in [2.75, 3.05) is 6.61 Å². The van der Waals surface area contributed by atoms with Gasteiger partial charge in [0.25, 0.3) is 11.8 Å². The molecule has 0 aliphatic rings. The van der Waals surface area contributed by atoms with Crippen molar-refractivity contribution in [3.8, 4) is 11.5 Å². The van der Waals surface area contributed by atoms with Gasteiger partial charge in [0.2, 0.25) is 0 Å². The van der Waals surface area contributed by atoms with E-state index in [1.165, 1.54) is 6.21 Å². The minimum absolute atomic E-state index is 0.177. The second kappa shape index (κ2) is 14.0. The number of halogens is 1. The largest absolute Gasteiger partial charge is 0.488 e. The van der Waals surface area contributed by atoms with Gasteiger partial charge >= 0.3 is 0 Å². The van der Waals surface area contributed by atoms with Crippen LogP contribution in [0.3, 0.4) is 0 Å². The van der Waals surface area contributed by atoms with Gasteiger partial charge in [-0.3, -0.25) is 9.59 Å². The van der Waals surface area contributed by atoms with Crippen LogP contribution in [0.1, 0.15) is 37.0 Å². The Bertz CT molecular complexity index is 1230. The molecule has 0 spiro atoms. The summed E-state index contributed by atoms with van der Waals surface area (Å²) in [5.74, 6) is 0.606. The number of nitrogens with zero attached hydrogens (tertiary/aromatic N) is 1. The predicted molar refractivity (Wildman–Crippen MR) is 146 cm³/mol. The molecule has 0 aromatic heterocycles. The maximum Gasteiger partial charge on any atom is 0.262 e. The number of benzene rings is 3. The Morgan fingerprint density at radius 2 is 1.62 bits per heavy atom. The van der Waals surface area contributed by atoms with Crippen LogP contribution in [0.25, 0.3) is 0 Å². The highest BCUT2D eigenvalue weighted by molar-refractivity contribution is 6.31. The summed E-state index contributed by atoms with van der Waals surface area (Å²) in [6, 6.07) is 21.5. The molecule has 194 valence electrons. The standard InChI is InChI=1S/C29H32ClN3O4/c1-20(2)16-25(32-28(34)19-37-26-14-8-4-10-21(26)3)29(35)33-31-17-22-11-6-9-15-27(22)36-18-23-12-5-7-13-24(23)30/h4-15,17,20,25H,16,18-19H2,1-3H3,(H,32,34)(H,33,35)/b31-17-/t25-/m1/s1. The predicted octanol–water partition coefficient (Wildman–Crippen LogP) is 5.29. The molecule has 0 saturated carbocycles. The first-order valence-electron chi connectivity index (χ1n) is 12.1. The van der Waals surface area contributed by atoms with Gasteiger partial charge in [-0.15, -0.1) is 0 Å². The molecule has 0 heterocycles. The van der Waals surface area contributed by atoms with E-state index in [0.29, 0.717) is 35.1 Å². The molecule has 0 radical (unpaired) electrons. The average molecular weight is 522 g/mol. The minimum Gasteiger partial charge on any atom is -0.488 e. The highest BCUT2D eigenvalue weighted by atomic mass is 35.5. The van der Waals surface area contributed by atoms with Crippen molar-refractivity contribution in [3.63, 3.8) is 0 Å². The molecule has 7 nitrogen and oxygen atoms in total. The molecule has 3 aromatic carbocycles. The van der Waals surface area contributed by atoms with Gasteiger partial charge in [-0.25, -0.2) is 5.43 Å². The fourth-order valence-electron chi connectivity index (χ4n) is 3.53. The summed E-state index contributed by atoms with van der Waals surface area (Å²) >= 11 is 6.22. The normalized spacial score (nSPS) is 11.8. The molecular formula is C29H32ClN3O4. The Morgan fingerprint density at radius 1 is 0.946 bits per heavy atom. The lowest BCUT2D eigenvalue weighted by Crippen LogP contribution is -2.47. The molecule has 0 fully saturated rings. The van der Waals surface area contributed by atoms with Gasteiger partial charge in [0.1, 0.15) is 24.1 Å². The lowest BCUT2D eigenvalue weighted by atomic mass is 10.0. The summed E-state index contributed by atoms with van der Waals surface area (Å²) in [7, 11) is 0. The SMILES string of the molecule is Cc1ccccc1OCC(=O)N[C@H](CC(C)C)C(=O)N/N=C\c1ccccc1OCc1ccccc1Cl. The van der Waals surface area contributed by atoms with Crippen LogP contribution in [0, 0.1) is 12.8 Å². The van der Waals surface area contributed by atoms with E-state index in [4.69, 9.17) is 21.1 Å². The van der Waals surface area contributed by atoms with Crippen molar-refractivity contribution in [2.24, 2.45) is 11.0 Å². The van der Waals surface area contributed by atoms with Crippen molar-refractivity contribution in [1.82, 2.24) is 10.7 Å². The number of hydrogen-bond donors (Lipinski definition) is 2. The molecule has 2 amide bonds. The first kappa shape index (κ1) is 27.7. The van der Waals surface area contributed by atoms with Gasteiger partial charge in [0, 0.05) is 16.1 Å². The lowest BCUT2D eigenvalue weighted by Gasteiger charge is -2.19. The Balaban J connectivity index is 1.58. The minimum atomic E-state index is -0.753. The zero-order valence-electron chi connectivity index (χ0n) is 21.2. The maximum atomic E-state index is 12.8. The first-order valence-corrected chi connectivity index (χ1v) is 12.5. The van der Waals surface area contributed by atoms with Crippen molar-refractivity contribution < 1.29 is 19.1 Å². The lowest BCUT2D eigenvalue weighted by molar-refractivity contribution is -0.130. The van der Waals surface area contributed by atoms with Crippen molar-refractivity contribution in [3.05, 3.63) is 94.5 Å². The van der Waals surface area contributed by atoms with Crippen LogP contribution in [0.5, 0.6) is 11.5 Å². The van der Waals surface area contributed by atoms with Crippen LogP contribution in [0.4, 0.5) is 0 Å². The fraction of sp³-hybridized carbons (Fsp3) is 0.276. The molecule has 0 bridgehead atoms. The molecule has 1 atom stereocenters. The van der Waals surface area contributed by atoms with Gasteiger partial charge in [0.15, 0.2) is 6.61 Å². The number of nitrogens with one attached hydrogen (secondary N) is 2. The highest BCUT2D eigenvalue weighted by Crippen LogP contribution is 2.21. The molecular weight excluding hydrogens is 490 g/mol. The zero-order chi connectivity index (χ0) is 26.6. The quantitative estimate of drug-likeness (QED) is 0.250. The number of hydrogen-bond acceptors (Lipinski definition) is 5. The van der Waals surface area contributed by atoms with Crippen molar-refractivity contribution >= 4 is 29.6 Å². The van der Waals surface area contributed by atoms with Crippen LogP contribution >= 0.6 is 11.6 Å². The average Bonchev–Trinajstić information content (AvgIpc) is 2.87. The van der Waals surface area contributed by atoms with Crippen molar-refractivity contribution in [1.29, 1.82) is 0 Å². The Kier molecular flexibility index (Phi) is 10.5. The van der Waals surface area contributed by atoms with Gasteiger partial charge < -0.3 is 14.8 Å². The molecule has 0 saturated heterocycles. The summed E-state index contributed by atoms with van der Waals surface area (Å²) in [5.41, 5.74) is 5.01. The number of carbonyl (C=O) groups excluding carboxylic acids is 2. The third kappa shape index (κ3) is 8.95. The molecule has 37 heavy (non-hydrogen) atoms. The van der Waals surface area contributed by atoms with Crippen molar-refractivity contribution in [2.45, 2.75) is 39.8 Å². The third-order valence-electron chi connectivity index (χ3n) is 5.45. The Hall–Kier alpha value is -3.84. The van der Waals surface area contributed by atoms with E-state index in [0.717, 1.165) is 11.1 Å². The second-order valence-electron chi connectivity index (χ2n) is 8.96. The van der Waals surface area contributed by atoms with E-state index in [-0.39, 0.29) is 18.4 Å². The van der Waals surface area contributed by atoms with E-state index < -0.39 is 11.9 Å². The number of hydrazone groups is 1. The topological polar surface area (TPSA) is 89.0 Å². The Labute approximate surface area is 222 Å². The molecule has 0 aliphatic heterocycles. The van der Waals surface area contributed by atoms with Gasteiger partial charge in [0.05, 0.1) is 6.21 Å². The van der Waals surface area contributed by atoms with Crippen LogP contribution in [0.2, 0.25) is 5.02 Å². The summed E-state index contributed by atoms with van der Waals surface area (Å²) in [4.78, 5) is 25.3. The molecule has 0 aliphatic carbocycles. The molecule has 3 rings (SSSR count). The number of ether oxygens (including phenoxy) is 2. The number of rotatable bonds is 12. The van der Waals surface area contributed by atoms with E-state index in [1.54, 1.807) is 6.07 Å².